The number of aromatic hydroxyl groups is 1. The fourth-order valence-corrected chi connectivity index (χ4v) is 1.77. The first kappa shape index (κ1) is 15.4. The van der Waals surface area contributed by atoms with E-state index in [0.29, 0.717) is 0 Å². The Kier molecular flexibility index (Phi) is 5.26. The number of benzene rings is 1. The Bertz CT molecular complexity index is 474. The number of hydrogen-bond acceptors (Lipinski definition) is 6. The van der Waals surface area contributed by atoms with Gasteiger partial charge < -0.3 is 24.4 Å². The van der Waals surface area contributed by atoms with Crippen LogP contribution in [0.1, 0.15) is 18.6 Å². The number of methoxy groups -OCH3 is 2. The lowest BCUT2D eigenvalue weighted by atomic mass is 10.1. The standard InChI is InChI=1S/C12H15ClO6/c1-4-19-12(16)10(15)8-9(14)6(13)5-7(17-2)11(8)18-3/h5,10,14-15H,4H2,1-3H3. The largest absolute Gasteiger partial charge is 0.506 e. The molecule has 1 rings (SSSR count). The van der Waals surface area contributed by atoms with Gasteiger partial charge in [-0.25, -0.2) is 4.79 Å². The highest BCUT2D eigenvalue weighted by Gasteiger charge is 2.30. The van der Waals surface area contributed by atoms with Gasteiger partial charge in [-0.05, 0) is 6.92 Å². The number of phenols is 1. The number of phenolic OH excluding ortho intramolecular Hbond substituents is 1. The van der Waals surface area contributed by atoms with E-state index >= 15 is 0 Å². The van der Waals surface area contributed by atoms with Crippen LogP contribution in [-0.4, -0.2) is 37.0 Å². The van der Waals surface area contributed by atoms with Gasteiger partial charge >= 0.3 is 5.97 Å². The number of aliphatic hydroxyl groups is 1. The van der Waals surface area contributed by atoms with Gasteiger partial charge in [-0.2, -0.15) is 0 Å². The zero-order chi connectivity index (χ0) is 14.6. The Hall–Kier alpha value is -1.66. The first-order chi connectivity index (χ1) is 8.97. The molecule has 0 aliphatic carbocycles. The normalized spacial score (nSPS) is 11.8. The molecule has 0 amide bonds. The number of aliphatic hydroxyl groups excluding tert-OH is 1. The van der Waals surface area contributed by atoms with Gasteiger partial charge in [0.15, 0.2) is 17.6 Å². The molecular formula is C12H15ClO6. The Morgan fingerprint density at radius 1 is 1.42 bits per heavy atom. The molecule has 0 radical (unpaired) electrons. The van der Waals surface area contributed by atoms with Crippen LogP contribution in [0.25, 0.3) is 0 Å². The molecule has 0 fully saturated rings. The Morgan fingerprint density at radius 3 is 2.53 bits per heavy atom. The van der Waals surface area contributed by atoms with E-state index in [9.17, 15) is 15.0 Å². The van der Waals surface area contributed by atoms with E-state index in [1.54, 1.807) is 6.92 Å². The topological polar surface area (TPSA) is 85.2 Å². The van der Waals surface area contributed by atoms with Crippen LogP contribution in [0.2, 0.25) is 5.02 Å². The summed E-state index contributed by atoms with van der Waals surface area (Å²) in [6.07, 6.45) is -1.72. The summed E-state index contributed by atoms with van der Waals surface area (Å²) in [6, 6.07) is 1.32. The predicted molar refractivity (Wildman–Crippen MR) is 67.8 cm³/mol. The molecule has 1 aromatic rings. The van der Waals surface area contributed by atoms with E-state index < -0.39 is 17.8 Å². The van der Waals surface area contributed by atoms with E-state index in [2.05, 4.69) is 4.74 Å². The van der Waals surface area contributed by atoms with Crippen molar-refractivity contribution >= 4 is 17.6 Å². The summed E-state index contributed by atoms with van der Waals surface area (Å²) in [5.41, 5.74) is -0.190. The summed E-state index contributed by atoms with van der Waals surface area (Å²) in [4.78, 5) is 11.6. The van der Waals surface area contributed by atoms with Crippen LogP contribution in [0.15, 0.2) is 6.07 Å². The second-order valence-corrected chi connectivity index (χ2v) is 3.92. The highest BCUT2D eigenvalue weighted by molar-refractivity contribution is 6.32. The lowest BCUT2D eigenvalue weighted by molar-refractivity contribution is -0.153. The van der Waals surface area contributed by atoms with Crippen molar-refractivity contribution in [2.75, 3.05) is 20.8 Å². The zero-order valence-corrected chi connectivity index (χ0v) is 11.5. The highest BCUT2D eigenvalue weighted by Crippen LogP contribution is 2.45. The molecule has 19 heavy (non-hydrogen) atoms. The quantitative estimate of drug-likeness (QED) is 0.802. The van der Waals surface area contributed by atoms with Gasteiger partial charge in [0, 0.05) is 6.07 Å². The van der Waals surface area contributed by atoms with Crippen LogP contribution in [0.3, 0.4) is 0 Å². The lowest BCUT2D eigenvalue weighted by Gasteiger charge is -2.18. The Balaban J connectivity index is 3.38. The molecule has 0 bridgehead atoms. The highest BCUT2D eigenvalue weighted by atomic mass is 35.5. The molecule has 0 saturated carbocycles. The van der Waals surface area contributed by atoms with Gasteiger partial charge in [-0.15, -0.1) is 0 Å². The van der Waals surface area contributed by atoms with E-state index in [1.165, 1.54) is 20.3 Å². The lowest BCUT2D eigenvalue weighted by Crippen LogP contribution is -2.16. The Labute approximate surface area is 115 Å². The molecule has 0 aromatic heterocycles. The number of halogens is 1. The van der Waals surface area contributed by atoms with Gasteiger partial charge in [0.25, 0.3) is 0 Å². The molecule has 0 heterocycles. The number of esters is 1. The van der Waals surface area contributed by atoms with Crippen LogP contribution >= 0.6 is 11.6 Å². The average molecular weight is 291 g/mol. The molecule has 1 aromatic carbocycles. The molecular weight excluding hydrogens is 276 g/mol. The van der Waals surface area contributed by atoms with Gasteiger partial charge in [0.2, 0.25) is 0 Å². The fraction of sp³-hybridized carbons (Fsp3) is 0.417. The van der Waals surface area contributed by atoms with Gasteiger partial charge in [-0.1, -0.05) is 11.6 Å². The van der Waals surface area contributed by atoms with E-state index in [0.717, 1.165) is 0 Å². The molecule has 1 unspecified atom stereocenters. The van der Waals surface area contributed by atoms with Crippen molar-refractivity contribution in [1.82, 2.24) is 0 Å². The zero-order valence-electron chi connectivity index (χ0n) is 10.8. The number of carbonyl (C=O) groups excluding carboxylic acids is 1. The second-order valence-electron chi connectivity index (χ2n) is 3.51. The van der Waals surface area contributed by atoms with Crippen molar-refractivity contribution in [2.45, 2.75) is 13.0 Å². The molecule has 0 aliphatic rings. The third-order valence-corrected chi connectivity index (χ3v) is 2.70. The molecule has 1 atom stereocenters. The van der Waals surface area contributed by atoms with Gasteiger partial charge in [0.1, 0.15) is 5.75 Å². The summed E-state index contributed by atoms with van der Waals surface area (Å²) >= 11 is 5.80. The van der Waals surface area contributed by atoms with Crippen molar-refractivity contribution in [3.63, 3.8) is 0 Å². The number of ether oxygens (including phenoxy) is 3. The fourth-order valence-electron chi connectivity index (χ4n) is 1.57. The van der Waals surface area contributed by atoms with Crippen molar-refractivity contribution < 1.29 is 29.2 Å². The maximum Gasteiger partial charge on any atom is 0.339 e. The van der Waals surface area contributed by atoms with Gasteiger partial charge in [0.05, 0.1) is 31.4 Å². The van der Waals surface area contributed by atoms with Crippen molar-refractivity contribution in [3.05, 3.63) is 16.7 Å². The molecule has 0 aliphatic heterocycles. The summed E-state index contributed by atoms with van der Waals surface area (Å²) < 4.78 is 14.7. The monoisotopic (exact) mass is 290 g/mol. The summed E-state index contributed by atoms with van der Waals surface area (Å²) in [7, 11) is 2.68. The van der Waals surface area contributed by atoms with E-state index in [-0.39, 0.29) is 28.7 Å². The second kappa shape index (κ2) is 6.49. The van der Waals surface area contributed by atoms with Crippen LogP contribution in [-0.2, 0) is 9.53 Å². The Morgan fingerprint density at radius 2 is 2.05 bits per heavy atom. The third kappa shape index (κ3) is 3.02. The van der Waals surface area contributed by atoms with Gasteiger partial charge in [-0.3, -0.25) is 0 Å². The molecule has 0 saturated heterocycles. The molecule has 106 valence electrons. The maximum absolute atomic E-state index is 11.6. The molecule has 0 spiro atoms. The van der Waals surface area contributed by atoms with Crippen molar-refractivity contribution in [1.29, 1.82) is 0 Å². The van der Waals surface area contributed by atoms with Crippen molar-refractivity contribution in [2.24, 2.45) is 0 Å². The molecule has 7 heteroatoms. The third-order valence-electron chi connectivity index (χ3n) is 2.41. The van der Waals surface area contributed by atoms with Crippen LogP contribution in [0.5, 0.6) is 17.2 Å². The minimum atomic E-state index is -1.72. The van der Waals surface area contributed by atoms with E-state index in [1.807, 2.05) is 0 Å². The summed E-state index contributed by atoms with van der Waals surface area (Å²) in [5.74, 6) is -1.17. The molecule has 6 nitrogen and oxygen atoms in total. The minimum absolute atomic E-state index is 0.0185. The summed E-state index contributed by atoms with van der Waals surface area (Å²) in [5, 5.41) is 19.7. The van der Waals surface area contributed by atoms with Crippen LogP contribution in [0, 0.1) is 0 Å². The first-order valence-corrected chi connectivity index (χ1v) is 5.83. The number of carbonyl (C=O) groups is 1. The predicted octanol–water partition coefficient (Wildman–Crippen LogP) is 1.66. The number of hydrogen-bond donors (Lipinski definition) is 2. The molecule has 2 N–H and O–H groups in total. The van der Waals surface area contributed by atoms with Crippen LogP contribution in [0.4, 0.5) is 0 Å². The van der Waals surface area contributed by atoms with E-state index in [4.69, 9.17) is 21.1 Å². The SMILES string of the molecule is CCOC(=O)C(O)c1c(O)c(Cl)cc(OC)c1OC. The maximum atomic E-state index is 11.6. The average Bonchev–Trinajstić information content (AvgIpc) is 2.40. The summed E-state index contributed by atoms with van der Waals surface area (Å²) in [6.45, 7) is 1.69. The smallest absolute Gasteiger partial charge is 0.339 e. The van der Waals surface area contributed by atoms with Crippen molar-refractivity contribution in [3.8, 4) is 17.2 Å². The number of rotatable bonds is 5. The minimum Gasteiger partial charge on any atom is -0.506 e. The van der Waals surface area contributed by atoms with Crippen LogP contribution < -0.4 is 9.47 Å². The first-order valence-electron chi connectivity index (χ1n) is 5.45.